The monoisotopic (exact) mass is 253 g/mol. The molecule has 1 N–H and O–H groups in total. The van der Waals surface area contributed by atoms with Crippen molar-refractivity contribution in [2.45, 2.75) is 19.6 Å². The number of hydrogen-bond donors (Lipinski definition) is 1. The van der Waals surface area contributed by atoms with E-state index in [1.54, 1.807) is 0 Å². The van der Waals surface area contributed by atoms with E-state index in [1.165, 1.54) is 18.2 Å². The second kappa shape index (κ2) is 3.44. The molecular formula is C12H9F2NO3. The maximum absolute atomic E-state index is 12.9. The van der Waals surface area contributed by atoms with E-state index in [2.05, 4.69) is 14.5 Å². The van der Waals surface area contributed by atoms with E-state index in [0.717, 1.165) is 5.69 Å². The first kappa shape index (κ1) is 11.0. The number of benzene rings is 1. The maximum Gasteiger partial charge on any atom is 0.586 e. The van der Waals surface area contributed by atoms with Gasteiger partial charge in [-0.2, -0.15) is 0 Å². The van der Waals surface area contributed by atoms with E-state index in [1.807, 2.05) is 6.92 Å². The van der Waals surface area contributed by atoms with Crippen molar-refractivity contribution in [1.29, 1.82) is 0 Å². The number of fused-ring (bicyclic) bond motifs is 2. The van der Waals surface area contributed by atoms with Crippen molar-refractivity contribution in [3.05, 3.63) is 34.1 Å². The summed E-state index contributed by atoms with van der Waals surface area (Å²) in [7, 11) is 0. The average Bonchev–Trinajstić information content (AvgIpc) is 2.59. The van der Waals surface area contributed by atoms with Gasteiger partial charge in [-0.1, -0.05) is 6.92 Å². The summed E-state index contributed by atoms with van der Waals surface area (Å²) in [5.41, 5.74) is 0.958. The van der Waals surface area contributed by atoms with E-state index in [-0.39, 0.29) is 16.9 Å². The van der Waals surface area contributed by atoms with Gasteiger partial charge in [0.25, 0.3) is 0 Å². The van der Waals surface area contributed by atoms with Crippen LogP contribution >= 0.6 is 0 Å². The standard InChI is InChI=1S/C12H9F2NO3/c1-2-6-3-9(16)7-4-10-11(5-8(7)15-6)18-12(13,14)17-10/h3-5H,2H2,1H3,(H,15,16). The minimum Gasteiger partial charge on any atom is -0.395 e. The van der Waals surface area contributed by atoms with Crippen LogP contribution in [0.3, 0.4) is 0 Å². The van der Waals surface area contributed by atoms with Gasteiger partial charge in [0.15, 0.2) is 16.9 Å². The molecule has 2 heterocycles. The Kier molecular flexibility index (Phi) is 2.10. The number of aryl methyl sites for hydroxylation is 1. The molecule has 18 heavy (non-hydrogen) atoms. The second-order valence-electron chi connectivity index (χ2n) is 4.02. The van der Waals surface area contributed by atoms with Crippen LogP contribution in [0.25, 0.3) is 10.9 Å². The Labute approximate surface area is 100 Å². The van der Waals surface area contributed by atoms with Gasteiger partial charge in [0.05, 0.1) is 5.52 Å². The number of H-pyrrole nitrogens is 1. The first-order valence-corrected chi connectivity index (χ1v) is 5.44. The summed E-state index contributed by atoms with van der Waals surface area (Å²) in [5.74, 6) is -0.196. The Morgan fingerprint density at radius 3 is 2.56 bits per heavy atom. The molecule has 4 nitrogen and oxygen atoms in total. The van der Waals surface area contributed by atoms with Crippen LogP contribution in [0.1, 0.15) is 12.6 Å². The van der Waals surface area contributed by atoms with Crippen molar-refractivity contribution in [3.63, 3.8) is 0 Å². The molecule has 1 aromatic heterocycles. The van der Waals surface area contributed by atoms with Crippen LogP contribution < -0.4 is 14.9 Å². The van der Waals surface area contributed by atoms with Crippen LogP contribution in [0, 0.1) is 0 Å². The predicted molar refractivity (Wildman–Crippen MR) is 60.1 cm³/mol. The van der Waals surface area contributed by atoms with Crippen LogP contribution in [-0.2, 0) is 6.42 Å². The van der Waals surface area contributed by atoms with E-state index in [4.69, 9.17) is 0 Å². The largest absolute Gasteiger partial charge is 0.586 e. The molecule has 1 aliphatic heterocycles. The highest BCUT2D eigenvalue weighted by molar-refractivity contribution is 5.83. The van der Waals surface area contributed by atoms with Gasteiger partial charge in [-0.3, -0.25) is 4.79 Å². The molecule has 1 aromatic carbocycles. The summed E-state index contributed by atoms with van der Waals surface area (Å²) >= 11 is 0. The fourth-order valence-corrected chi connectivity index (χ4v) is 1.94. The zero-order valence-corrected chi connectivity index (χ0v) is 9.42. The molecule has 94 valence electrons. The minimum absolute atomic E-state index is 0.0728. The summed E-state index contributed by atoms with van der Waals surface area (Å²) in [6.07, 6.45) is -3.02. The number of rotatable bonds is 1. The summed E-state index contributed by atoms with van der Waals surface area (Å²) < 4.78 is 34.4. The van der Waals surface area contributed by atoms with E-state index in [9.17, 15) is 13.6 Å². The van der Waals surface area contributed by atoms with Gasteiger partial charge in [0, 0.05) is 23.2 Å². The third-order valence-electron chi connectivity index (χ3n) is 2.79. The van der Waals surface area contributed by atoms with Crippen molar-refractivity contribution in [3.8, 4) is 11.5 Å². The molecular weight excluding hydrogens is 244 g/mol. The molecule has 0 aliphatic carbocycles. The third-order valence-corrected chi connectivity index (χ3v) is 2.79. The summed E-state index contributed by atoms with van der Waals surface area (Å²) in [5, 5.41) is 0.298. The van der Waals surface area contributed by atoms with E-state index >= 15 is 0 Å². The third kappa shape index (κ3) is 1.61. The molecule has 0 saturated heterocycles. The normalized spacial score (nSPS) is 16.2. The topological polar surface area (TPSA) is 51.3 Å². The average molecular weight is 253 g/mol. The van der Waals surface area contributed by atoms with E-state index < -0.39 is 6.29 Å². The lowest BCUT2D eigenvalue weighted by Crippen LogP contribution is -2.25. The van der Waals surface area contributed by atoms with Gasteiger partial charge in [-0.05, 0) is 12.5 Å². The van der Waals surface area contributed by atoms with Gasteiger partial charge in [-0.25, -0.2) is 0 Å². The number of pyridine rings is 1. The number of aromatic nitrogens is 1. The Hall–Kier alpha value is -2.11. The zero-order chi connectivity index (χ0) is 12.9. The Bertz CT molecular complexity index is 694. The van der Waals surface area contributed by atoms with E-state index in [0.29, 0.717) is 17.3 Å². The van der Waals surface area contributed by atoms with Crippen molar-refractivity contribution >= 4 is 10.9 Å². The van der Waals surface area contributed by atoms with Crippen LogP contribution in [0.2, 0.25) is 0 Å². The lowest BCUT2D eigenvalue weighted by atomic mass is 10.1. The Balaban J connectivity index is 2.26. The molecule has 2 aromatic rings. The minimum atomic E-state index is -3.67. The smallest absolute Gasteiger partial charge is 0.395 e. The SMILES string of the molecule is CCc1cc(=O)c2cc3c(cc2[nH]1)OC(F)(F)O3. The number of aromatic amines is 1. The Morgan fingerprint density at radius 2 is 1.89 bits per heavy atom. The van der Waals surface area contributed by atoms with Gasteiger partial charge in [0.2, 0.25) is 0 Å². The quantitative estimate of drug-likeness (QED) is 0.849. The summed E-state index contributed by atoms with van der Waals surface area (Å²) in [4.78, 5) is 14.8. The number of halogens is 2. The number of ether oxygens (including phenoxy) is 2. The first-order chi connectivity index (χ1) is 8.48. The highest BCUT2D eigenvalue weighted by Crippen LogP contribution is 2.42. The summed E-state index contributed by atoms with van der Waals surface area (Å²) in [6, 6.07) is 4.07. The highest BCUT2D eigenvalue weighted by Gasteiger charge is 2.43. The highest BCUT2D eigenvalue weighted by atomic mass is 19.3. The van der Waals surface area contributed by atoms with Crippen molar-refractivity contribution < 1.29 is 18.3 Å². The van der Waals surface area contributed by atoms with Gasteiger partial charge < -0.3 is 14.5 Å². The molecule has 0 bridgehead atoms. The molecule has 6 heteroatoms. The maximum atomic E-state index is 12.9. The number of hydrogen-bond acceptors (Lipinski definition) is 3. The summed E-state index contributed by atoms with van der Waals surface area (Å²) in [6.45, 7) is 1.89. The molecule has 0 fully saturated rings. The second-order valence-corrected chi connectivity index (χ2v) is 4.02. The Morgan fingerprint density at radius 1 is 1.22 bits per heavy atom. The number of nitrogens with one attached hydrogen (secondary N) is 1. The zero-order valence-electron chi connectivity index (χ0n) is 9.42. The molecule has 0 radical (unpaired) electrons. The van der Waals surface area contributed by atoms with Crippen molar-refractivity contribution in [1.82, 2.24) is 4.98 Å². The fourth-order valence-electron chi connectivity index (χ4n) is 1.94. The van der Waals surface area contributed by atoms with Gasteiger partial charge in [0.1, 0.15) is 0 Å². The molecule has 0 spiro atoms. The first-order valence-electron chi connectivity index (χ1n) is 5.44. The predicted octanol–water partition coefficient (Wildman–Crippen LogP) is 2.41. The van der Waals surface area contributed by atoms with Crippen LogP contribution in [-0.4, -0.2) is 11.3 Å². The lowest BCUT2D eigenvalue weighted by Gasteiger charge is -2.04. The van der Waals surface area contributed by atoms with Crippen molar-refractivity contribution in [2.24, 2.45) is 0 Å². The van der Waals surface area contributed by atoms with Gasteiger partial charge in [-0.15, -0.1) is 8.78 Å². The molecule has 0 amide bonds. The van der Waals surface area contributed by atoms with Crippen LogP contribution in [0.15, 0.2) is 23.0 Å². The van der Waals surface area contributed by atoms with Gasteiger partial charge >= 0.3 is 6.29 Å². The molecule has 0 atom stereocenters. The lowest BCUT2D eigenvalue weighted by molar-refractivity contribution is -0.286. The fraction of sp³-hybridized carbons (Fsp3) is 0.250. The van der Waals surface area contributed by atoms with Crippen LogP contribution in [0.5, 0.6) is 11.5 Å². The van der Waals surface area contributed by atoms with Crippen LogP contribution in [0.4, 0.5) is 8.78 Å². The molecule has 0 unspecified atom stereocenters. The van der Waals surface area contributed by atoms with Crippen molar-refractivity contribution in [2.75, 3.05) is 0 Å². The number of alkyl halides is 2. The molecule has 1 aliphatic rings. The molecule has 0 saturated carbocycles. The molecule has 3 rings (SSSR count).